The molecule has 0 fully saturated rings. The quantitative estimate of drug-likeness (QED) is 0.845. The molecule has 0 aliphatic rings. The van der Waals surface area contributed by atoms with Gasteiger partial charge in [0, 0.05) is 18.1 Å². The molecule has 18 heavy (non-hydrogen) atoms. The highest BCUT2D eigenvalue weighted by Crippen LogP contribution is 2.12. The van der Waals surface area contributed by atoms with Gasteiger partial charge in [-0.3, -0.25) is 0 Å². The van der Waals surface area contributed by atoms with Crippen LogP contribution in [0.5, 0.6) is 0 Å². The zero-order valence-corrected chi connectivity index (χ0v) is 11.4. The van der Waals surface area contributed by atoms with E-state index in [-0.39, 0.29) is 4.90 Å². The molecule has 1 heterocycles. The van der Waals surface area contributed by atoms with Crippen molar-refractivity contribution in [3.05, 3.63) is 46.0 Å². The van der Waals surface area contributed by atoms with Crippen molar-refractivity contribution in [1.82, 2.24) is 4.57 Å². The maximum atomic E-state index is 12.7. The van der Waals surface area contributed by atoms with Gasteiger partial charge in [-0.25, -0.2) is 4.39 Å². The van der Waals surface area contributed by atoms with E-state index in [1.54, 1.807) is 11.6 Å². The number of hydrogen-bond acceptors (Lipinski definition) is 3. The summed E-state index contributed by atoms with van der Waals surface area (Å²) in [5.74, 6) is -0.480. The monoisotopic (exact) mass is 286 g/mol. The minimum Gasteiger partial charge on any atom is -0.324 e. The second-order valence-electron chi connectivity index (χ2n) is 3.74. The summed E-state index contributed by atoms with van der Waals surface area (Å²) in [5.41, 5.74) is 0.924. The molecule has 0 aliphatic heterocycles. The lowest BCUT2D eigenvalue weighted by atomic mass is 10.4. The fraction of sp³-hybridized carbons (Fsp3) is 0.182. The van der Waals surface area contributed by atoms with Crippen molar-refractivity contribution in [1.29, 1.82) is 0 Å². The van der Waals surface area contributed by atoms with Crippen molar-refractivity contribution in [2.24, 2.45) is 11.4 Å². The van der Waals surface area contributed by atoms with Crippen LogP contribution in [0.2, 0.25) is 0 Å². The lowest BCUT2D eigenvalue weighted by molar-refractivity contribution is 0.594. The summed E-state index contributed by atoms with van der Waals surface area (Å²) in [6.45, 7) is 1.86. The number of aryl methyl sites for hydroxylation is 1. The second-order valence-corrected chi connectivity index (χ2v) is 6.18. The molecule has 0 aliphatic carbocycles. The SMILES string of the molecule is Cc1cs/c(=N\S(=O)(=O)c2ccc(F)cc2)n1C. The zero-order chi connectivity index (χ0) is 13.3. The Morgan fingerprint density at radius 2 is 1.89 bits per heavy atom. The Balaban J connectivity index is 2.54. The van der Waals surface area contributed by atoms with Crippen LogP contribution in [-0.2, 0) is 17.1 Å². The van der Waals surface area contributed by atoms with Crippen molar-refractivity contribution in [3.63, 3.8) is 0 Å². The van der Waals surface area contributed by atoms with Gasteiger partial charge in [0.05, 0.1) is 4.90 Å². The van der Waals surface area contributed by atoms with Gasteiger partial charge < -0.3 is 4.57 Å². The molecule has 1 aromatic heterocycles. The molecule has 0 amide bonds. The number of nitrogens with zero attached hydrogens (tertiary/aromatic N) is 2. The normalized spacial score (nSPS) is 12.9. The first-order valence-corrected chi connectivity index (χ1v) is 7.40. The summed E-state index contributed by atoms with van der Waals surface area (Å²) in [5, 5.41) is 1.82. The highest BCUT2D eigenvalue weighted by atomic mass is 32.2. The van der Waals surface area contributed by atoms with Crippen molar-refractivity contribution < 1.29 is 12.8 Å². The van der Waals surface area contributed by atoms with Gasteiger partial charge in [0.1, 0.15) is 5.82 Å². The van der Waals surface area contributed by atoms with Crippen molar-refractivity contribution in [3.8, 4) is 0 Å². The van der Waals surface area contributed by atoms with Gasteiger partial charge in [0.15, 0.2) is 0 Å². The Morgan fingerprint density at radius 1 is 1.28 bits per heavy atom. The third-order valence-corrected chi connectivity index (χ3v) is 4.89. The summed E-state index contributed by atoms with van der Waals surface area (Å²) in [6.07, 6.45) is 0. The van der Waals surface area contributed by atoms with E-state index < -0.39 is 15.8 Å². The average Bonchev–Trinajstić information content (AvgIpc) is 2.61. The van der Waals surface area contributed by atoms with Crippen LogP contribution in [-0.4, -0.2) is 13.0 Å². The number of benzene rings is 1. The molecule has 1 aromatic carbocycles. The number of aromatic nitrogens is 1. The largest absolute Gasteiger partial charge is 0.324 e. The first-order valence-electron chi connectivity index (χ1n) is 5.08. The molecule has 0 saturated carbocycles. The molecule has 0 spiro atoms. The first-order chi connectivity index (χ1) is 8.40. The van der Waals surface area contributed by atoms with Crippen LogP contribution in [0.4, 0.5) is 4.39 Å². The van der Waals surface area contributed by atoms with Gasteiger partial charge in [-0.05, 0) is 31.2 Å². The van der Waals surface area contributed by atoms with Crippen LogP contribution in [0.25, 0.3) is 0 Å². The van der Waals surface area contributed by atoms with E-state index in [2.05, 4.69) is 4.40 Å². The zero-order valence-electron chi connectivity index (χ0n) is 9.79. The topological polar surface area (TPSA) is 51.4 Å². The maximum Gasteiger partial charge on any atom is 0.285 e. The molecule has 0 atom stereocenters. The average molecular weight is 286 g/mol. The predicted molar refractivity (Wildman–Crippen MR) is 67.2 cm³/mol. The summed E-state index contributed by atoms with van der Waals surface area (Å²) in [7, 11) is -2.05. The van der Waals surface area contributed by atoms with Crippen LogP contribution >= 0.6 is 11.3 Å². The van der Waals surface area contributed by atoms with Crippen molar-refractivity contribution >= 4 is 21.4 Å². The molecule has 0 saturated heterocycles. The summed E-state index contributed by atoms with van der Waals surface area (Å²) < 4.78 is 42.1. The van der Waals surface area contributed by atoms with Crippen LogP contribution in [0.1, 0.15) is 5.69 Å². The van der Waals surface area contributed by atoms with Gasteiger partial charge in [-0.1, -0.05) is 0 Å². The van der Waals surface area contributed by atoms with E-state index in [0.29, 0.717) is 4.80 Å². The lowest BCUT2D eigenvalue weighted by Crippen LogP contribution is -2.14. The molecule has 7 heteroatoms. The van der Waals surface area contributed by atoms with E-state index in [0.717, 1.165) is 17.8 Å². The second kappa shape index (κ2) is 4.66. The number of thiazole rings is 1. The third kappa shape index (κ3) is 2.51. The van der Waals surface area contributed by atoms with E-state index in [1.165, 1.54) is 23.5 Å². The van der Waals surface area contributed by atoms with Crippen molar-refractivity contribution in [2.45, 2.75) is 11.8 Å². The highest BCUT2D eigenvalue weighted by Gasteiger charge is 2.13. The first kappa shape index (κ1) is 13.0. The van der Waals surface area contributed by atoms with Gasteiger partial charge >= 0.3 is 0 Å². The van der Waals surface area contributed by atoms with Crippen LogP contribution in [0, 0.1) is 12.7 Å². The molecule has 0 unspecified atom stereocenters. The molecule has 2 aromatic rings. The molecule has 0 N–H and O–H groups in total. The fourth-order valence-electron chi connectivity index (χ4n) is 1.29. The molecule has 0 radical (unpaired) electrons. The van der Waals surface area contributed by atoms with Crippen LogP contribution in [0.3, 0.4) is 0 Å². The molecule has 2 rings (SSSR count). The van der Waals surface area contributed by atoms with Gasteiger partial charge in [-0.2, -0.15) is 8.42 Å². The number of sulfonamides is 1. The molecule has 0 bridgehead atoms. The number of halogens is 1. The lowest BCUT2D eigenvalue weighted by Gasteiger charge is -1.98. The Kier molecular flexibility index (Phi) is 3.36. The summed E-state index contributed by atoms with van der Waals surface area (Å²) in [4.78, 5) is 0.367. The van der Waals surface area contributed by atoms with E-state index in [4.69, 9.17) is 0 Å². The van der Waals surface area contributed by atoms with E-state index in [1.807, 2.05) is 12.3 Å². The summed E-state index contributed by atoms with van der Waals surface area (Å²) in [6, 6.07) is 4.60. The highest BCUT2D eigenvalue weighted by molar-refractivity contribution is 7.90. The Bertz CT molecular complexity index is 727. The third-order valence-electron chi connectivity index (χ3n) is 2.46. The van der Waals surface area contributed by atoms with Crippen LogP contribution < -0.4 is 4.80 Å². The number of hydrogen-bond donors (Lipinski definition) is 0. The predicted octanol–water partition coefficient (Wildman–Crippen LogP) is 1.82. The van der Waals surface area contributed by atoms with E-state index in [9.17, 15) is 12.8 Å². The maximum absolute atomic E-state index is 12.7. The standard InChI is InChI=1S/C11H11FN2O2S2/c1-8-7-17-11(14(8)2)13-18(15,16)10-5-3-9(12)4-6-10/h3-7H,1-2H3/b13-11-. The Hall–Kier alpha value is -1.47. The molecule has 4 nitrogen and oxygen atoms in total. The van der Waals surface area contributed by atoms with E-state index >= 15 is 0 Å². The smallest absolute Gasteiger partial charge is 0.285 e. The van der Waals surface area contributed by atoms with Gasteiger partial charge in [0.2, 0.25) is 4.80 Å². The van der Waals surface area contributed by atoms with Gasteiger partial charge in [-0.15, -0.1) is 15.7 Å². The minimum atomic E-state index is -3.79. The van der Waals surface area contributed by atoms with Gasteiger partial charge in [0.25, 0.3) is 10.0 Å². The molecule has 96 valence electrons. The van der Waals surface area contributed by atoms with Crippen molar-refractivity contribution in [2.75, 3.05) is 0 Å². The Morgan fingerprint density at radius 3 is 2.39 bits per heavy atom. The Labute approximate surface area is 108 Å². The summed E-state index contributed by atoms with van der Waals surface area (Å²) >= 11 is 1.24. The fourth-order valence-corrected chi connectivity index (χ4v) is 3.41. The molecular formula is C11H11FN2O2S2. The molecular weight excluding hydrogens is 275 g/mol. The van der Waals surface area contributed by atoms with Crippen LogP contribution in [0.15, 0.2) is 38.9 Å². The number of rotatable bonds is 2. The minimum absolute atomic E-state index is 0.0186.